The first kappa shape index (κ1) is 12.9. The van der Waals surface area contributed by atoms with E-state index < -0.39 is 17.9 Å². The van der Waals surface area contributed by atoms with Crippen molar-refractivity contribution in [2.24, 2.45) is 5.92 Å². The molecule has 0 atom stereocenters. The minimum Gasteiger partial charge on any atom is -0.462 e. The number of carbonyl (C=O) groups is 2. The zero-order chi connectivity index (χ0) is 11.3. The second-order valence-electron chi connectivity index (χ2n) is 3.52. The van der Waals surface area contributed by atoms with Gasteiger partial charge in [-0.25, -0.2) is 0 Å². The molecule has 0 unspecified atom stereocenters. The van der Waals surface area contributed by atoms with Crippen LogP contribution in [0.25, 0.3) is 0 Å². The highest BCUT2D eigenvalue weighted by atomic mass is 16.6. The molecular formula is C10H17O4. The van der Waals surface area contributed by atoms with E-state index in [-0.39, 0.29) is 12.2 Å². The topological polar surface area (TPSA) is 52.6 Å². The van der Waals surface area contributed by atoms with Crippen LogP contribution < -0.4 is 0 Å². The van der Waals surface area contributed by atoms with E-state index in [2.05, 4.69) is 6.92 Å². The molecule has 0 aliphatic carbocycles. The third-order valence-electron chi connectivity index (χ3n) is 1.27. The molecule has 1 radical (unpaired) electrons. The molecule has 0 spiro atoms. The predicted octanol–water partition coefficient (Wildman–Crippen LogP) is 1.34. The number of esters is 2. The second-order valence-corrected chi connectivity index (χ2v) is 3.52. The molecule has 0 aromatic heterocycles. The monoisotopic (exact) mass is 201 g/mol. The van der Waals surface area contributed by atoms with Crippen LogP contribution in [0, 0.1) is 12.8 Å². The van der Waals surface area contributed by atoms with E-state index in [1.54, 1.807) is 27.7 Å². The Hall–Kier alpha value is -1.06. The number of hydrogen-bond acceptors (Lipinski definition) is 4. The molecule has 4 nitrogen and oxygen atoms in total. The first-order valence-corrected chi connectivity index (χ1v) is 4.58. The van der Waals surface area contributed by atoms with Crippen molar-refractivity contribution in [2.75, 3.05) is 0 Å². The van der Waals surface area contributed by atoms with Crippen molar-refractivity contribution in [1.29, 1.82) is 0 Å². The van der Waals surface area contributed by atoms with Crippen LogP contribution in [0.4, 0.5) is 0 Å². The summed E-state index contributed by atoms with van der Waals surface area (Å²) in [5.74, 6) is -2.39. The van der Waals surface area contributed by atoms with Gasteiger partial charge in [-0.3, -0.25) is 9.59 Å². The lowest BCUT2D eigenvalue weighted by Crippen LogP contribution is -2.29. The van der Waals surface area contributed by atoms with Gasteiger partial charge in [-0.15, -0.1) is 0 Å². The van der Waals surface area contributed by atoms with Gasteiger partial charge in [0.1, 0.15) is 0 Å². The molecule has 0 aliphatic rings. The molecule has 0 saturated heterocycles. The third kappa shape index (κ3) is 4.84. The smallest absolute Gasteiger partial charge is 0.320 e. The molecule has 4 heteroatoms. The van der Waals surface area contributed by atoms with E-state index in [0.29, 0.717) is 0 Å². The van der Waals surface area contributed by atoms with Crippen molar-refractivity contribution in [3.8, 4) is 0 Å². The van der Waals surface area contributed by atoms with Gasteiger partial charge in [0.15, 0.2) is 5.92 Å². The van der Waals surface area contributed by atoms with Crippen molar-refractivity contribution in [3.05, 3.63) is 6.92 Å². The zero-order valence-corrected chi connectivity index (χ0v) is 9.07. The van der Waals surface area contributed by atoms with Crippen LogP contribution >= 0.6 is 0 Å². The summed E-state index contributed by atoms with van der Waals surface area (Å²) in [5, 5.41) is 0. The standard InChI is InChI=1S/C10H17O4/c1-6(2)13-9(11)8(5)10(12)14-7(3)4/h6-8H,5H2,1-4H3. The van der Waals surface area contributed by atoms with Crippen LogP contribution in [0.2, 0.25) is 0 Å². The fraction of sp³-hybridized carbons (Fsp3) is 0.700. The zero-order valence-electron chi connectivity index (χ0n) is 9.07. The summed E-state index contributed by atoms with van der Waals surface area (Å²) in [4.78, 5) is 22.4. The van der Waals surface area contributed by atoms with Crippen molar-refractivity contribution in [2.45, 2.75) is 39.9 Å². The minimum atomic E-state index is -1.10. The Labute approximate surface area is 84.6 Å². The van der Waals surface area contributed by atoms with Crippen LogP contribution in [-0.2, 0) is 19.1 Å². The average molecular weight is 201 g/mol. The van der Waals surface area contributed by atoms with Crippen LogP contribution in [0.3, 0.4) is 0 Å². The van der Waals surface area contributed by atoms with Crippen molar-refractivity contribution >= 4 is 11.9 Å². The number of hydrogen-bond donors (Lipinski definition) is 0. The summed E-state index contributed by atoms with van der Waals surface area (Å²) in [7, 11) is 0. The third-order valence-corrected chi connectivity index (χ3v) is 1.27. The van der Waals surface area contributed by atoms with Crippen LogP contribution in [0.5, 0.6) is 0 Å². The molecule has 0 saturated carbocycles. The summed E-state index contributed by atoms with van der Waals surface area (Å²) < 4.78 is 9.62. The van der Waals surface area contributed by atoms with Crippen molar-refractivity contribution in [1.82, 2.24) is 0 Å². The molecule has 0 fully saturated rings. The quantitative estimate of drug-likeness (QED) is 0.508. The van der Waals surface area contributed by atoms with E-state index in [9.17, 15) is 9.59 Å². The Balaban J connectivity index is 4.11. The van der Waals surface area contributed by atoms with Gasteiger partial charge in [0, 0.05) is 0 Å². The Bertz CT molecular complexity index is 186. The van der Waals surface area contributed by atoms with E-state index in [1.165, 1.54) is 0 Å². The first-order valence-electron chi connectivity index (χ1n) is 4.58. The van der Waals surface area contributed by atoms with Gasteiger partial charge in [0.25, 0.3) is 0 Å². The van der Waals surface area contributed by atoms with Crippen molar-refractivity contribution < 1.29 is 19.1 Å². The van der Waals surface area contributed by atoms with Gasteiger partial charge < -0.3 is 9.47 Å². The van der Waals surface area contributed by atoms with E-state index in [0.717, 1.165) is 0 Å². The second kappa shape index (κ2) is 5.62. The molecule has 0 bridgehead atoms. The largest absolute Gasteiger partial charge is 0.462 e. The lowest BCUT2D eigenvalue weighted by atomic mass is 10.2. The van der Waals surface area contributed by atoms with E-state index in [4.69, 9.17) is 9.47 Å². The average Bonchev–Trinajstić information content (AvgIpc) is 2.00. The molecule has 0 aromatic carbocycles. The molecule has 0 aromatic rings. The summed E-state index contributed by atoms with van der Waals surface area (Å²) in [6.45, 7) is 10.2. The first-order chi connectivity index (χ1) is 6.34. The Morgan fingerprint density at radius 3 is 1.43 bits per heavy atom. The van der Waals surface area contributed by atoms with Gasteiger partial charge in [-0.1, -0.05) is 0 Å². The highest BCUT2D eigenvalue weighted by Crippen LogP contribution is 2.05. The minimum absolute atomic E-state index is 0.251. The molecular weight excluding hydrogens is 184 g/mol. The summed E-state index contributed by atoms with van der Waals surface area (Å²) >= 11 is 0. The normalized spacial score (nSPS) is 10.9. The van der Waals surface area contributed by atoms with Crippen LogP contribution in [0.1, 0.15) is 27.7 Å². The predicted molar refractivity (Wildman–Crippen MR) is 51.3 cm³/mol. The molecule has 81 valence electrons. The fourth-order valence-corrected chi connectivity index (χ4v) is 0.725. The highest BCUT2D eigenvalue weighted by Gasteiger charge is 2.25. The van der Waals surface area contributed by atoms with E-state index >= 15 is 0 Å². The Morgan fingerprint density at radius 1 is 0.929 bits per heavy atom. The number of ether oxygens (including phenoxy) is 2. The SMILES string of the molecule is [CH2]C(C(=O)OC(C)C)C(=O)OC(C)C. The molecule has 0 amide bonds. The van der Waals surface area contributed by atoms with Gasteiger partial charge in [-0.05, 0) is 34.6 Å². The molecule has 0 heterocycles. The van der Waals surface area contributed by atoms with Gasteiger partial charge >= 0.3 is 11.9 Å². The molecule has 0 aliphatic heterocycles. The van der Waals surface area contributed by atoms with E-state index in [1.807, 2.05) is 0 Å². The summed E-state index contributed by atoms with van der Waals surface area (Å²) in [6, 6.07) is 0. The van der Waals surface area contributed by atoms with Crippen molar-refractivity contribution in [3.63, 3.8) is 0 Å². The highest BCUT2D eigenvalue weighted by molar-refractivity contribution is 5.95. The lowest BCUT2D eigenvalue weighted by molar-refractivity contribution is -0.163. The Morgan fingerprint density at radius 2 is 1.21 bits per heavy atom. The maximum atomic E-state index is 11.2. The van der Waals surface area contributed by atoms with Crippen LogP contribution in [0.15, 0.2) is 0 Å². The summed E-state index contributed by atoms with van der Waals surface area (Å²) in [6.07, 6.45) is -0.503. The molecule has 0 rings (SSSR count). The van der Waals surface area contributed by atoms with Gasteiger partial charge in [0.05, 0.1) is 12.2 Å². The molecule has 14 heavy (non-hydrogen) atoms. The fourth-order valence-electron chi connectivity index (χ4n) is 0.725. The number of rotatable bonds is 4. The molecule has 0 N–H and O–H groups in total. The van der Waals surface area contributed by atoms with Crippen LogP contribution in [-0.4, -0.2) is 24.1 Å². The lowest BCUT2D eigenvalue weighted by Gasteiger charge is -2.14. The maximum Gasteiger partial charge on any atom is 0.320 e. The maximum absolute atomic E-state index is 11.2. The Kier molecular flexibility index (Phi) is 5.20. The summed E-state index contributed by atoms with van der Waals surface area (Å²) in [5.41, 5.74) is 0. The van der Waals surface area contributed by atoms with Gasteiger partial charge in [0.2, 0.25) is 0 Å². The van der Waals surface area contributed by atoms with Gasteiger partial charge in [-0.2, -0.15) is 0 Å². The number of carbonyl (C=O) groups excluding carboxylic acids is 2.